The van der Waals surface area contributed by atoms with Gasteiger partial charge in [0.1, 0.15) is 17.1 Å². The van der Waals surface area contributed by atoms with Gasteiger partial charge in [0.2, 0.25) is 0 Å². The minimum atomic E-state index is -0.443. The number of aromatic hydroxyl groups is 2. The fourth-order valence-corrected chi connectivity index (χ4v) is 1.76. The van der Waals surface area contributed by atoms with Crippen molar-refractivity contribution in [3.8, 4) is 11.5 Å². The van der Waals surface area contributed by atoms with Gasteiger partial charge in [-0.15, -0.1) is 0 Å². The predicted octanol–water partition coefficient (Wildman–Crippen LogP) is 1.48. The van der Waals surface area contributed by atoms with Crippen molar-refractivity contribution in [2.24, 2.45) is 11.7 Å². The fraction of sp³-hybridized carbons (Fsp3) is 0.385. The molecule has 0 aromatic heterocycles. The Morgan fingerprint density at radius 3 is 2.37 bits per heavy atom. The molecule has 0 saturated heterocycles. The largest absolute Gasteiger partial charge is 0.507 e. The van der Waals surface area contributed by atoms with Gasteiger partial charge in [-0.3, -0.25) is 4.79 Å². The molecule has 1 amide bonds. The Labute approximate surface area is 117 Å². The topological polar surface area (TPSA) is 86.8 Å². The molecule has 0 radical (unpaired) electrons. The summed E-state index contributed by atoms with van der Waals surface area (Å²) in [6, 6.07) is 4.19. The van der Waals surface area contributed by atoms with Crippen LogP contribution in [0.15, 0.2) is 18.2 Å². The van der Waals surface area contributed by atoms with Crippen LogP contribution >= 0.6 is 12.2 Å². The van der Waals surface area contributed by atoms with Crippen LogP contribution in [0.4, 0.5) is 0 Å². The summed E-state index contributed by atoms with van der Waals surface area (Å²) < 4.78 is 0. The number of phenolic OH excluding ortho intramolecular Hbond substituents is 2. The maximum atomic E-state index is 12.3. The second kappa shape index (κ2) is 6.38. The van der Waals surface area contributed by atoms with Crippen LogP contribution in [0.5, 0.6) is 11.5 Å². The Bertz CT molecular complexity index is 471. The number of amides is 1. The third kappa shape index (κ3) is 3.57. The number of hydrogen-bond acceptors (Lipinski definition) is 4. The molecule has 0 heterocycles. The summed E-state index contributed by atoms with van der Waals surface area (Å²) in [5.74, 6) is -1.06. The smallest absolute Gasteiger partial charge is 0.261 e. The van der Waals surface area contributed by atoms with Gasteiger partial charge in [0, 0.05) is 19.0 Å². The number of hydrogen-bond donors (Lipinski definition) is 3. The van der Waals surface area contributed by atoms with E-state index < -0.39 is 5.91 Å². The Morgan fingerprint density at radius 1 is 1.42 bits per heavy atom. The molecule has 0 aliphatic rings. The molecule has 1 unspecified atom stereocenters. The van der Waals surface area contributed by atoms with Gasteiger partial charge in [0.15, 0.2) is 0 Å². The summed E-state index contributed by atoms with van der Waals surface area (Å²) in [4.78, 5) is 14.1. The zero-order valence-corrected chi connectivity index (χ0v) is 11.8. The standard InChI is InChI=1S/C13H18N2O3S/c1-3-15(7-8(2)12(14)19)13(18)11-9(16)5-4-6-10(11)17/h4-6,8,16-17H,3,7H2,1-2H3,(H2,14,19). The van der Waals surface area contributed by atoms with Crippen molar-refractivity contribution in [3.05, 3.63) is 23.8 Å². The van der Waals surface area contributed by atoms with Crippen LogP contribution in [-0.2, 0) is 0 Å². The van der Waals surface area contributed by atoms with Gasteiger partial charge < -0.3 is 20.8 Å². The van der Waals surface area contributed by atoms with Crippen molar-refractivity contribution < 1.29 is 15.0 Å². The highest BCUT2D eigenvalue weighted by molar-refractivity contribution is 7.80. The normalized spacial score (nSPS) is 11.9. The number of carbonyl (C=O) groups is 1. The maximum absolute atomic E-state index is 12.3. The lowest BCUT2D eigenvalue weighted by Crippen LogP contribution is -2.38. The Kier molecular flexibility index (Phi) is 5.11. The predicted molar refractivity (Wildman–Crippen MR) is 77.3 cm³/mol. The summed E-state index contributed by atoms with van der Waals surface area (Å²) in [7, 11) is 0. The first-order valence-electron chi connectivity index (χ1n) is 5.98. The number of carbonyl (C=O) groups excluding carboxylic acids is 1. The van der Waals surface area contributed by atoms with Gasteiger partial charge in [0.25, 0.3) is 5.91 Å². The van der Waals surface area contributed by atoms with E-state index in [0.29, 0.717) is 18.1 Å². The van der Waals surface area contributed by atoms with E-state index in [2.05, 4.69) is 0 Å². The number of nitrogens with zero attached hydrogens (tertiary/aromatic N) is 1. The van der Waals surface area contributed by atoms with Crippen LogP contribution in [-0.4, -0.2) is 39.1 Å². The van der Waals surface area contributed by atoms with E-state index in [1.165, 1.54) is 23.1 Å². The van der Waals surface area contributed by atoms with Crippen molar-refractivity contribution >= 4 is 23.1 Å². The maximum Gasteiger partial charge on any atom is 0.261 e. The van der Waals surface area contributed by atoms with Gasteiger partial charge >= 0.3 is 0 Å². The fourth-order valence-electron chi connectivity index (χ4n) is 1.68. The molecule has 19 heavy (non-hydrogen) atoms. The molecular weight excluding hydrogens is 264 g/mol. The highest BCUT2D eigenvalue weighted by atomic mass is 32.1. The highest BCUT2D eigenvalue weighted by Crippen LogP contribution is 2.27. The molecule has 1 rings (SSSR count). The van der Waals surface area contributed by atoms with Crippen molar-refractivity contribution in [3.63, 3.8) is 0 Å². The lowest BCUT2D eigenvalue weighted by Gasteiger charge is -2.24. The van der Waals surface area contributed by atoms with E-state index in [0.717, 1.165) is 0 Å². The highest BCUT2D eigenvalue weighted by Gasteiger charge is 2.23. The quantitative estimate of drug-likeness (QED) is 0.712. The van der Waals surface area contributed by atoms with Crippen LogP contribution in [0.3, 0.4) is 0 Å². The Morgan fingerprint density at radius 2 is 1.95 bits per heavy atom. The molecule has 0 aliphatic carbocycles. The lowest BCUT2D eigenvalue weighted by molar-refractivity contribution is 0.0748. The second-order valence-electron chi connectivity index (χ2n) is 4.32. The zero-order valence-electron chi connectivity index (χ0n) is 11.0. The van der Waals surface area contributed by atoms with Crippen LogP contribution in [0, 0.1) is 5.92 Å². The van der Waals surface area contributed by atoms with E-state index in [1.54, 1.807) is 6.92 Å². The number of benzene rings is 1. The lowest BCUT2D eigenvalue weighted by atomic mass is 10.1. The molecule has 0 bridgehead atoms. The summed E-state index contributed by atoms with van der Waals surface area (Å²) in [6.45, 7) is 4.40. The SMILES string of the molecule is CCN(CC(C)C(N)=S)C(=O)c1c(O)cccc1O. The summed E-state index contributed by atoms with van der Waals surface area (Å²) in [5.41, 5.74) is 5.43. The summed E-state index contributed by atoms with van der Waals surface area (Å²) >= 11 is 4.88. The molecule has 0 spiro atoms. The molecule has 6 heteroatoms. The monoisotopic (exact) mass is 282 g/mol. The van der Waals surface area contributed by atoms with E-state index in [1.807, 2.05) is 6.92 Å². The Balaban J connectivity index is 2.99. The van der Waals surface area contributed by atoms with Gasteiger partial charge in [0.05, 0.1) is 4.99 Å². The van der Waals surface area contributed by atoms with Gasteiger partial charge in [-0.1, -0.05) is 25.2 Å². The molecule has 5 nitrogen and oxygen atoms in total. The minimum Gasteiger partial charge on any atom is -0.507 e. The first-order chi connectivity index (χ1) is 8.88. The van der Waals surface area contributed by atoms with Crippen LogP contribution in [0.25, 0.3) is 0 Å². The molecular formula is C13H18N2O3S. The third-order valence-electron chi connectivity index (χ3n) is 2.88. The zero-order chi connectivity index (χ0) is 14.6. The number of nitrogens with two attached hydrogens (primary N) is 1. The van der Waals surface area contributed by atoms with Gasteiger partial charge in [-0.25, -0.2) is 0 Å². The van der Waals surface area contributed by atoms with Crippen LogP contribution in [0.2, 0.25) is 0 Å². The van der Waals surface area contributed by atoms with E-state index in [9.17, 15) is 15.0 Å². The van der Waals surface area contributed by atoms with Crippen molar-refractivity contribution in [1.82, 2.24) is 4.90 Å². The molecule has 0 saturated carbocycles. The minimum absolute atomic E-state index is 0.0977. The third-order valence-corrected chi connectivity index (χ3v) is 3.29. The average molecular weight is 282 g/mol. The molecule has 4 N–H and O–H groups in total. The number of phenols is 2. The van der Waals surface area contributed by atoms with E-state index in [-0.39, 0.29) is 23.0 Å². The van der Waals surface area contributed by atoms with Crippen LogP contribution in [0.1, 0.15) is 24.2 Å². The summed E-state index contributed by atoms with van der Waals surface area (Å²) in [5, 5.41) is 19.4. The van der Waals surface area contributed by atoms with Gasteiger partial charge in [-0.2, -0.15) is 0 Å². The van der Waals surface area contributed by atoms with E-state index >= 15 is 0 Å². The van der Waals surface area contributed by atoms with E-state index in [4.69, 9.17) is 18.0 Å². The van der Waals surface area contributed by atoms with Crippen molar-refractivity contribution in [2.45, 2.75) is 13.8 Å². The molecule has 0 fully saturated rings. The van der Waals surface area contributed by atoms with Crippen molar-refractivity contribution in [1.29, 1.82) is 0 Å². The van der Waals surface area contributed by atoms with Crippen molar-refractivity contribution in [2.75, 3.05) is 13.1 Å². The molecule has 104 valence electrons. The summed E-state index contributed by atoms with van der Waals surface area (Å²) in [6.07, 6.45) is 0. The average Bonchev–Trinajstić information content (AvgIpc) is 2.34. The molecule has 1 aromatic carbocycles. The van der Waals surface area contributed by atoms with Crippen LogP contribution < -0.4 is 5.73 Å². The van der Waals surface area contributed by atoms with Gasteiger partial charge in [-0.05, 0) is 19.1 Å². The number of thiocarbonyl (C=S) groups is 1. The molecule has 1 atom stereocenters. The first-order valence-corrected chi connectivity index (χ1v) is 6.38. The number of rotatable bonds is 5. The first kappa shape index (κ1) is 15.2. The second-order valence-corrected chi connectivity index (χ2v) is 4.79. The Hall–Kier alpha value is -1.82. The molecule has 1 aromatic rings. The molecule has 0 aliphatic heterocycles.